The van der Waals surface area contributed by atoms with Crippen molar-refractivity contribution < 1.29 is 38.7 Å². The van der Waals surface area contributed by atoms with Gasteiger partial charge in [-0.25, -0.2) is 4.79 Å². The minimum atomic E-state index is -0.872. The second-order valence-electron chi connectivity index (χ2n) is 11.0. The van der Waals surface area contributed by atoms with E-state index in [1.54, 1.807) is 6.92 Å². The minimum Gasteiger partial charge on any atom is -0.456 e. The summed E-state index contributed by atoms with van der Waals surface area (Å²) in [6.07, 6.45) is -0.0810. The van der Waals surface area contributed by atoms with Crippen molar-refractivity contribution in [1.82, 2.24) is 14.8 Å². The molecule has 3 fully saturated rings. The van der Waals surface area contributed by atoms with E-state index in [-0.39, 0.29) is 65.8 Å². The van der Waals surface area contributed by atoms with Gasteiger partial charge in [0.2, 0.25) is 5.91 Å². The van der Waals surface area contributed by atoms with Gasteiger partial charge in [0.05, 0.1) is 29.1 Å². The number of benzene rings is 1. The third-order valence-corrected chi connectivity index (χ3v) is 9.54. The number of hydrogen-bond donors (Lipinski definition) is 2. The molecule has 5 heterocycles. The molecular weight excluding hydrogens is 570 g/mol. The van der Waals surface area contributed by atoms with Crippen LogP contribution in [-0.2, 0) is 20.9 Å². The van der Waals surface area contributed by atoms with Crippen LogP contribution in [0, 0.1) is 22.0 Å². The number of amides is 2. The Labute approximate surface area is 244 Å². The van der Waals surface area contributed by atoms with E-state index in [0.29, 0.717) is 29.6 Å². The van der Waals surface area contributed by atoms with Crippen molar-refractivity contribution in [3.05, 3.63) is 62.5 Å². The number of aliphatic hydroxyl groups is 2. The molecule has 222 valence electrons. The lowest BCUT2D eigenvalue weighted by atomic mass is 9.79. The van der Waals surface area contributed by atoms with Crippen LogP contribution in [0.15, 0.2) is 45.5 Å². The van der Waals surface area contributed by atoms with Crippen LogP contribution in [-0.4, -0.2) is 97.4 Å². The molecule has 2 aromatic rings. The van der Waals surface area contributed by atoms with Gasteiger partial charge in [-0.05, 0) is 24.6 Å². The summed E-state index contributed by atoms with van der Waals surface area (Å²) in [7, 11) is 0. The number of rotatable bonds is 9. The number of β-lactam (4-membered cyclic amide) rings is 1. The van der Waals surface area contributed by atoms with E-state index in [1.807, 2.05) is 11.8 Å². The molecule has 0 unspecified atom stereocenters. The van der Waals surface area contributed by atoms with E-state index in [1.165, 1.54) is 52.1 Å². The van der Waals surface area contributed by atoms with Crippen molar-refractivity contribution in [2.75, 3.05) is 31.1 Å². The Kier molecular flexibility index (Phi) is 7.19. The van der Waals surface area contributed by atoms with Crippen LogP contribution in [0.5, 0.6) is 0 Å². The van der Waals surface area contributed by atoms with Gasteiger partial charge in [0, 0.05) is 54.4 Å². The van der Waals surface area contributed by atoms with Crippen molar-refractivity contribution in [2.45, 2.75) is 44.0 Å². The predicted molar refractivity (Wildman–Crippen MR) is 147 cm³/mol. The van der Waals surface area contributed by atoms with Crippen molar-refractivity contribution >= 4 is 41.2 Å². The van der Waals surface area contributed by atoms with Crippen molar-refractivity contribution in [2.24, 2.45) is 11.8 Å². The Hall–Kier alpha value is -3.95. The van der Waals surface area contributed by atoms with Crippen LogP contribution in [0.4, 0.5) is 11.7 Å². The number of carbonyl (C=O) groups excluding carboxylic acids is 3. The molecule has 4 atom stereocenters. The van der Waals surface area contributed by atoms with E-state index in [2.05, 4.69) is 4.98 Å². The fraction of sp³-hybridized carbons (Fsp3) is 0.481. The fourth-order valence-electron chi connectivity index (χ4n) is 5.74. The van der Waals surface area contributed by atoms with E-state index >= 15 is 0 Å². The highest BCUT2D eigenvalue weighted by Crippen LogP contribution is 2.52. The van der Waals surface area contributed by atoms with Crippen LogP contribution in [0.3, 0.4) is 0 Å². The van der Waals surface area contributed by atoms with Gasteiger partial charge in [0.25, 0.3) is 17.6 Å². The van der Waals surface area contributed by atoms with Crippen LogP contribution in [0.1, 0.15) is 29.9 Å². The maximum Gasteiger partial charge on any atom is 0.356 e. The number of likely N-dealkylation sites (tertiary alicyclic amines) is 1. The maximum absolute atomic E-state index is 13.4. The van der Waals surface area contributed by atoms with Crippen LogP contribution < -0.4 is 4.90 Å². The molecule has 1 aromatic heterocycles. The Morgan fingerprint density at radius 3 is 2.55 bits per heavy atom. The van der Waals surface area contributed by atoms with Gasteiger partial charge in [0.1, 0.15) is 18.6 Å². The lowest BCUT2D eigenvalue weighted by Crippen LogP contribution is -2.63. The number of aromatic nitrogens is 1. The average Bonchev–Trinajstić information content (AvgIpc) is 3.48. The number of ether oxygens (including phenoxy) is 1. The van der Waals surface area contributed by atoms with Gasteiger partial charge in [-0.2, -0.15) is 4.98 Å². The monoisotopic (exact) mass is 599 g/mol. The number of carbonyl (C=O) groups is 3. The Bertz CT molecular complexity index is 1460. The normalized spacial score (nSPS) is 24.6. The van der Waals surface area contributed by atoms with Crippen molar-refractivity contribution in [3.8, 4) is 0 Å². The molecule has 3 saturated heterocycles. The molecule has 0 radical (unpaired) electrons. The van der Waals surface area contributed by atoms with Gasteiger partial charge in [0.15, 0.2) is 5.69 Å². The summed E-state index contributed by atoms with van der Waals surface area (Å²) in [6.45, 7) is 4.96. The number of oxazole rings is 1. The first kappa shape index (κ1) is 28.2. The third-order valence-electron chi connectivity index (χ3n) is 8.09. The van der Waals surface area contributed by atoms with E-state index in [4.69, 9.17) is 9.15 Å². The SMILES string of the molecule is C[C@@H](O)[C@H]1C(=O)N2C(C(=O)OCc3ccc([N+](=O)[O-])cc3)=C(SC3CN(c4nc(C(=O)N5CC(O)C5)co4)C3)[C@H](C)[C@H]12. The lowest BCUT2D eigenvalue weighted by Gasteiger charge is -2.46. The number of aliphatic hydroxyl groups excluding tert-OH is 2. The second kappa shape index (κ2) is 10.7. The fourth-order valence-corrected chi connectivity index (χ4v) is 7.26. The van der Waals surface area contributed by atoms with Crippen LogP contribution in [0.25, 0.3) is 0 Å². The number of thioether (sulfide) groups is 1. The first-order valence-electron chi connectivity index (χ1n) is 13.5. The summed E-state index contributed by atoms with van der Waals surface area (Å²) in [5.74, 6) is -2.14. The number of nitro groups is 1. The minimum absolute atomic E-state index is 0.0373. The van der Waals surface area contributed by atoms with Crippen LogP contribution in [0.2, 0.25) is 0 Å². The zero-order chi connectivity index (χ0) is 29.9. The summed E-state index contributed by atoms with van der Waals surface area (Å²) in [4.78, 5) is 59.0. The summed E-state index contributed by atoms with van der Waals surface area (Å²) in [5, 5.41) is 30.6. The molecule has 0 aliphatic carbocycles. The molecule has 2 N–H and O–H groups in total. The summed E-state index contributed by atoms with van der Waals surface area (Å²) < 4.78 is 11.1. The molecule has 0 spiro atoms. The lowest BCUT2D eigenvalue weighted by molar-refractivity contribution is -0.384. The highest BCUT2D eigenvalue weighted by Gasteiger charge is 2.60. The summed E-state index contributed by atoms with van der Waals surface area (Å²) in [6, 6.07) is 5.61. The number of anilines is 1. The first-order chi connectivity index (χ1) is 20.0. The van der Waals surface area contributed by atoms with Crippen molar-refractivity contribution in [3.63, 3.8) is 0 Å². The third kappa shape index (κ3) is 4.80. The number of nitrogens with zero attached hydrogens (tertiary/aromatic N) is 5. The number of hydrogen-bond acceptors (Lipinski definition) is 12. The molecule has 2 amide bonds. The van der Waals surface area contributed by atoms with Crippen molar-refractivity contribution in [1.29, 1.82) is 0 Å². The van der Waals surface area contributed by atoms with Gasteiger partial charge in [-0.15, -0.1) is 11.8 Å². The van der Waals surface area contributed by atoms with Gasteiger partial charge >= 0.3 is 5.97 Å². The zero-order valence-corrected chi connectivity index (χ0v) is 23.6. The predicted octanol–water partition coefficient (Wildman–Crippen LogP) is 1.13. The smallest absolute Gasteiger partial charge is 0.356 e. The number of β-amino-alcohol motifs (C(OH)–C–C–N with tert-alkyl or cyclic N) is 1. The summed E-state index contributed by atoms with van der Waals surface area (Å²) >= 11 is 1.47. The molecule has 1 aromatic carbocycles. The molecule has 4 aliphatic rings. The van der Waals surface area contributed by atoms with E-state index in [0.717, 1.165) is 0 Å². The second-order valence-corrected chi connectivity index (χ2v) is 12.3. The first-order valence-corrected chi connectivity index (χ1v) is 14.4. The quantitative estimate of drug-likeness (QED) is 0.182. The Balaban J connectivity index is 1.14. The molecule has 4 aliphatic heterocycles. The molecular formula is C27H29N5O9S. The Morgan fingerprint density at radius 2 is 1.93 bits per heavy atom. The number of esters is 1. The standard InChI is InChI=1S/C27H29N5O9S/c1-13-21-20(14(2)33)25(36)31(21)22(26(37)40-11-15-3-5-16(6-4-15)32(38)39)23(13)42-18-9-30(10-18)27-28-19(12-41-27)24(35)29-7-17(34)8-29/h3-6,12-14,17-18,20-21,33-34H,7-11H2,1-2H3/t13-,14-,20-,21-/m1/s1. The topological polar surface area (TPSA) is 180 Å². The maximum atomic E-state index is 13.4. The number of non-ortho nitro benzene ring substituents is 1. The van der Waals surface area contributed by atoms with E-state index in [9.17, 15) is 34.7 Å². The van der Waals surface area contributed by atoms with Crippen LogP contribution >= 0.6 is 11.8 Å². The molecule has 0 saturated carbocycles. The molecule has 42 heavy (non-hydrogen) atoms. The molecule has 15 heteroatoms. The molecule has 0 bridgehead atoms. The number of fused-ring (bicyclic) bond motifs is 1. The average molecular weight is 600 g/mol. The highest BCUT2D eigenvalue weighted by molar-refractivity contribution is 8.03. The van der Waals surface area contributed by atoms with Gasteiger partial charge in [-0.1, -0.05) is 6.92 Å². The largest absolute Gasteiger partial charge is 0.456 e. The molecule has 14 nitrogen and oxygen atoms in total. The molecule has 6 rings (SSSR count). The summed E-state index contributed by atoms with van der Waals surface area (Å²) in [5.41, 5.74) is 0.824. The van der Waals surface area contributed by atoms with E-state index < -0.39 is 29.0 Å². The zero-order valence-electron chi connectivity index (χ0n) is 22.8. The Morgan fingerprint density at radius 1 is 1.24 bits per heavy atom. The number of nitro benzene ring substituents is 1. The van der Waals surface area contributed by atoms with Gasteiger partial charge < -0.3 is 34.1 Å². The van der Waals surface area contributed by atoms with Gasteiger partial charge in [-0.3, -0.25) is 19.7 Å². The highest BCUT2D eigenvalue weighted by atomic mass is 32.2.